The summed E-state index contributed by atoms with van der Waals surface area (Å²) in [6.07, 6.45) is 5.55. The minimum Gasteiger partial charge on any atom is -0.496 e. The van der Waals surface area contributed by atoms with Crippen molar-refractivity contribution in [3.05, 3.63) is 70.4 Å². The van der Waals surface area contributed by atoms with Crippen LogP contribution in [0, 0.1) is 11.3 Å². The van der Waals surface area contributed by atoms with Gasteiger partial charge in [0.05, 0.1) is 33.0 Å². The lowest BCUT2D eigenvalue weighted by atomic mass is 9.47. The Morgan fingerprint density at radius 1 is 0.919 bits per heavy atom. The maximum Gasteiger partial charge on any atom is 0.344 e. The first-order valence-corrected chi connectivity index (χ1v) is 22.1. The van der Waals surface area contributed by atoms with Crippen LogP contribution in [0.2, 0.25) is 0 Å². The van der Waals surface area contributed by atoms with Crippen LogP contribution in [-0.2, 0) is 45.8 Å². The Balaban J connectivity index is 1.37. The largest absolute Gasteiger partial charge is 0.496 e. The number of ketones is 1. The molecule has 332 valence electrons. The van der Waals surface area contributed by atoms with E-state index in [9.17, 15) is 24.6 Å². The molecule has 2 aromatic carbocycles. The van der Waals surface area contributed by atoms with Crippen LogP contribution in [0.3, 0.4) is 0 Å². The summed E-state index contributed by atoms with van der Waals surface area (Å²) in [5, 5.41) is 26.2. The molecule has 14 heteroatoms. The van der Waals surface area contributed by atoms with Gasteiger partial charge >= 0.3 is 17.9 Å². The Kier molecular flexibility index (Phi) is 10.0. The molecule has 2 bridgehead atoms. The van der Waals surface area contributed by atoms with E-state index < -0.39 is 57.5 Å². The Morgan fingerprint density at radius 2 is 1.68 bits per heavy atom. The number of aromatic amines is 1. The van der Waals surface area contributed by atoms with Crippen molar-refractivity contribution in [3.63, 3.8) is 0 Å². The van der Waals surface area contributed by atoms with Gasteiger partial charge in [0.2, 0.25) is 5.60 Å². The van der Waals surface area contributed by atoms with Gasteiger partial charge in [-0.15, -0.1) is 0 Å². The first-order chi connectivity index (χ1) is 29.5. The highest BCUT2D eigenvalue weighted by Gasteiger charge is 2.80. The van der Waals surface area contributed by atoms with Gasteiger partial charge in [-0.05, 0) is 93.3 Å². The Hall–Kier alpha value is -4.76. The highest BCUT2D eigenvalue weighted by atomic mass is 16.6. The van der Waals surface area contributed by atoms with E-state index in [4.69, 9.17) is 18.9 Å². The number of anilines is 1. The summed E-state index contributed by atoms with van der Waals surface area (Å²) in [4.78, 5) is 66.0. The lowest BCUT2D eigenvalue weighted by Gasteiger charge is -2.63. The predicted molar refractivity (Wildman–Crippen MR) is 230 cm³/mol. The van der Waals surface area contributed by atoms with E-state index in [1.54, 1.807) is 20.1 Å². The number of benzene rings is 2. The maximum atomic E-state index is 15.4. The highest BCUT2D eigenvalue weighted by molar-refractivity contribution is 6.00. The van der Waals surface area contributed by atoms with Gasteiger partial charge in [-0.2, -0.15) is 0 Å². The molecule has 0 amide bonds. The summed E-state index contributed by atoms with van der Waals surface area (Å²) in [5.41, 5.74) is -1.85. The van der Waals surface area contributed by atoms with Gasteiger partial charge in [-0.1, -0.05) is 26.0 Å². The number of carbonyl (C=O) groups excluding carboxylic acids is 4. The van der Waals surface area contributed by atoms with Crippen molar-refractivity contribution in [2.75, 3.05) is 66.0 Å². The predicted octanol–water partition coefficient (Wildman–Crippen LogP) is 4.19. The summed E-state index contributed by atoms with van der Waals surface area (Å²) in [6, 6.07) is 8.26. The lowest BCUT2D eigenvalue weighted by molar-refractivity contribution is -0.228. The van der Waals surface area contributed by atoms with Crippen molar-refractivity contribution in [3.8, 4) is 5.75 Å². The molecule has 0 radical (unpaired) electrons. The minimum absolute atomic E-state index is 0.0726. The molecule has 62 heavy (non-hydrogen) atoms. The van der Waals surface area contributed by atoms with Crippen molar-refractivity contribution in [1.29, 1.82) is 0 Å². The third kappa shape index (κ3) is 5.54. The topological polar surface area (TPSA) is 171 Å². The SMILES string of the molecule is CC[C@]1(O)C[C@H]2CN(CCc3c([nH]c4ccc(C(C)=O)cc34)[C@@](C(=O)OC)(c3cc4c(cc3OC)N(C)C3[C@]45CCN4CC=C[C@@](CC)([C@@H](OC(C)=O)[C@]3(O)C(=O)OC)[C@H]45)C2)C1. The summed E-state index contributed by atoms with van der Waals surface area (Å²) < 4.78 is 24.0. The van der Waals surface area contributed by atoms with E-state index in [0.717, 1.165) is 22.0 Å². The summed E-state index contributed by atoms with van der Waals surface area (Å²) in [7, 11) is 6.05. The fourth-order valence-corrected chi connectivity index (χ4v) is 13.8. The number of likely N-dealkylation sites (N-methyl/N-ethyl adjacent to an activating group) is 1. The van der Waals surface area contributed by atoms with Gasteiger partial charge in [0, 0.05) is 96.5 Å². The standard InChI is InChI=1S/C48H60N4O10/c1-9-44(57)23-29-24-47(42(55)60-7,38-31(14-18-51(25-29)26-44)32-20-30(27(3)53)12-13-35(32)49-38)34-21-33-36(22-37(34)59-6)50(5)40-46(33)16-19-52-17-11-15-45(10-2,39(46)52)41(62-28(4)54)48(40,58)43(56)61-8/h11-13,15,20-22,29,39-41,49,57-58H,9-10,14,16-19,23-26H2,1-8H3/t29-,39+,40?,41-,44+,45-,46-,47+,48+/m1/s1. The van der Waals surface area contributed by atoms with E-state index in [2.05, 4.69) is 20.9 Å². The number of nitrogens with zero attached hydrogens (tertiary/aromatic N) is 3. The van der Waals surface area contributed by atoms with Gasteiger partial charge in [0.1, 0.15) is 11.2 Å². The normalized spacial score (nSPS) is 35.7. The molecule has 2 unspecified atom stereocenters. The molecule has 2 saturated heterocycles. The number of esters is 3. The number of methoxy groups -OCH3 is 3. The number of fused-ring (bicyclic) bond motifs is 6. The van der Waals surface area contributed by atoms with Crippen LogP contribution in [0.1, 0.15) is 92.5 Å². The van der Waals surface area contributed by atoms with Crippen LogP contribution in [0.4, 0.5) is 5.69 Å². The van der Waals surface area contributed by atoms with E-state index in [-0.39, 0.29) is 24.2 Å². The molecular weight excluding hydrogens is 793 g/mol. The molecule has 3 N–H and O–H groups in total. The quantitative estimate of drug-likeness (QED) is 0.128. The number of H-pyrrole nitrogens is 1. The number of aliphatic hydroxyl groups is 2. The zero-order valence-corrected chi connectivity index (χ0v) is 37.1. The number of ether oxygens (including phenoxy) is 4. The Labute approximate surface area is 362 Å². The van der Waals surface area contributed by atoms with Crippen molar-refractivity contribution < 1.29 is 48.3 Å². The number of nitrogens with one attached hydrogen (secondary N) is 1. The van der Waals surface area contributed by atoms with Crippen molar-refractivity contribution in [1.82, 2.24) is 14.8 Å². The molecule has 6 heterocycles. The molecule has 3 fully saturated rings. The van der Waals surface area contributed by atoms with E-state index in [1.807, 2.05) is 56.1 Å². The molecule has 5 aliphatic heterocycles. The smallest absolute Gasteiger partial charge is 0.344 e. The van der Waals surface area contributed by atoms with Crippen molar-refractivity contribution >= 4 is 40.3 Å². The molecule has 9 rings (SSSR count). The Morgan fingerprint density at radius 3 is 2.34 bits per heavy atom. The number of hydrogen-bond acceptors (Lipinski definition) is 13. The minimum atomic E-state index is -2.33. The van der Waals surface area contributed by atoms with Gasteiger partial charge in [-0.25, -0.2) is 4.79 Å². The second-order valence-corrected chi connectivity index (χ2v) is 19.0. The zero-order chi connectivity index (χ0) is 44.3. The summed E-state index contributed by atoms with van der Waals surface area (Å²) >= 11 is 0. The third-order valence-corrected chi connectivity index (χ3v) is 16.1. The fourth-order valence-electron chi connectivity index (χ4n) is 13.8. The van der Waals surface area contributed by atoms with E-state index >= 15 is 4.79 Å². The Bertz CT molecular complexity index is 2410. The van der Waals surface area contributed by atoms with Gasteiger partial charge in [0.25, 0.3) is 0 Å². The summed E-state index contributed by atoms with van der Waals surface area (Å²) in [6.45, 7) is 9.86. The number of carbonyl (C=O) groups is 4. The second kappa shape index (κ2) is 14.6. The fraction of sp³-hybridized carbons (Fsp3) is 0.583. The van der Waals surface area contributed by atoms with Crippen LogP contribution in [0.15, 0.2) is 42.5 Å². The van der Waals surface area contributed by atoms with E-state index in [0.29, 0.717) is 93.1 Å². The van der Waals surface area contributed by atoms with Crippen LogP contribution >= 0.6 is 0 Å². The van der Waals surface area contributed by atoms with Crippen LogP contribution in [0.25, 0.3) is 10.9 Å². The molecule has 1 aromatic heterocycles. The number of aromatic nitrogens is 1. The summed E-state index contributed by atoms with van der Waals surface area (Å²) in [5.74, 6) is -1.85. The number of hydrogen-bond donors (Lipinski definition) is 3. The lowest BCUT2D eigenvalue weighted by Crippen LogP contribution is -2.81. The molecule has 1 aliphatic carbocycles. The van der Waals surface area contributed by atoms with Crippen molar-refractivity contribution in [2.24, 2.45) is 11.3 Å². The first kappa shape index (κ1) is 42.5. The van der Waals surface area contributed by atoms with E-state index in [1.165, 1.54) is 21.1 Å². The third-order valence-electron chi connectivity index (χ3n) is 16.1. The average Bonchev–Trinajstić information content (AvgIpc) is 3.92. The first-order valence-electron chi connectivity index (χ1n) is 22.1. The van der Waals surface area contributed by atoms with Crippen LogP contribution in [0.5, 0.6) is 5.75 Å². The molecule has 3 aromatic rings. The van der Waals surface area contributed by atoms with Gasteiger partial charge < -0.3 is 39.0 Å². The molecule has 10 atom stereocenters. The number of Topliss-reactive ketones (excluding diaryl/α,β-unsaturated/α-hetero) is 1. The number of piperidine rings is 1. The average molecular weight is 853 g/mol. The van der Waals surface area contributed by atoms with Crippen LogP contribution < -0.4 is 9.64 Å². The van der Waals surface area contributed by atoms with Gasteiger partial charge in [-0.3, -0.25) is 24.2 Å². The number of rotatable bonds is 8. The highest BCUT2D eigenvalue weighted by Crippen LogP contribution is 2.68. The zero-order valence-electron chi connectivity index (χ0n) is 37.1. The molecular formula is C48H60N4O10. The maximum absolute atomic E-state index is 15.4. The van der Waals surface area contributed by atoms with Crippen LogP contribution in [-0.4, -0.2) is 139 Å². The second-order valence-electron chi connectivity index (χ2n) is 19.0. The van der Waals surface area contributed by atoms with Crippen molar-refractivity contribution in [2.45, 2.75) is 106 Å². The molecule has 1 spiro atoms. The van der Waals surface area contributed by atoms with Gasteiger partial charge in [0.15, 0.2) is 11.9 Å². The molecule has 6 aliphatic rings. The molecule has 1 saturated carbocycles. The molecule has 14 nitrogen and oxygen atoms in total. The monoisotopic (exact) mass is 852 g/mol.